The highest BCUT2D eigenvalue weighted by Crippen LogP contribution is 2.29. The number of rotatable bonds is 5. The molecule has 5 nitrogen and oxygen atoms in total. The van der Waals surface area contributed by atoms with Gasteiger partial charge in [-0.2, -0.15) is 13.2 Å². The van der Waals surface area contributed by atoms with Gasteiger partial charge in [0.25, 0.3) is 5.91 Å². The first-order valence-corrected chi connectivity index (χ1v) is 7.72. The average molecular weight is 343 g/mol. The Morgan fingerprint density at radius 3 is 2.50 bits per heavy atom. The number of carbonyl (C=O) groups is 2. The molecule has 0 saturated carbocycles. The van der Waals surface area contributed by atoms with Crippen LogP contribution in [0.3, 0.4) is 0 Å². The minimum atomic E-state index is -4.44. The van der Waals surface area contributed by atoms with Crippen molar-refractivity contribution in [1.29, 1.82) is 0 Å². The predicted octanol–water partition coefficient (Wildman–Crippen LogP) is 1.65. The summed E-state index contributed by atoms with van der Waals surface area (Å²) in [5.41, 5.74) is -0.730. The van der Waals surface area contributed by atoms with E-state index in [1.807, 2.05) is 7.05 Å². The van der Waals surface area contributed by atoms with Crippen LogP contribution < -0.4 is 10.6 Å². The molecule has 1 unspecified atom stereocenters. The molecule has 2 rings (SSSR count). The van der Waals surface area contributed by atoms with E-state index in [1.165, 1.54) is 0 Å². The van der Waals surface area contributed by atoms with Crippen molar-refractivity contribution in [2.45, 2.75) is 25.1 Å². The average Bonchev–Trinajstić information content (AvgIpc) is 3.00. The third kappa shape index (κ3) is 4.47. The van der Waals surface area contributed by atoms with Crippen molar-refractivity contribution in [3.63, 3.8) is 0 Å². The van der Waals surface area contributed by atoms with Crippen molar-refractivity contribution in [1.82, 2.24) is 15.5 Å². The lowest BCUT2D eigenvalue weighted by Crippen LogP contribution is -2.45. The summed E-state index contributed by atoms with van der Waals surface area (Å²) < 4.78 is 37.5. The SMILES string of the molecule is CNCC1CCCN1C(=O)CNC(=O)c1ccc(C(F)(F)F)cc1. The zero-order valence-electron chi connectivity index (χ0n) is 13.3. The first-order valence-electron chi connectivity index (χ1n) is 7.72. The minimum absolute atomic E-state index is 0.0870. The van der Waals surface area contributed by atoms with Crippen molar-refractivity contribution in [3.8, 4) is 0 Å². The minimum Gasteiger partial charge on any atom is -0.343 e. The molecule has 132 valence electrons. The Kier molecular flexibility index (Phi) is 5.82. The molecule has 8 heteroatoms. The second kappa shape index (κ2) is 7.65. The molecule has 0 aliphatic carbocycles. The van der Waals surface area contributed by atoms with E-state index in [2.05, 4.69) is 10.6 Å². The van der Waals surface area contributed by atoms with Crippen LogP contribution in [0, 0.1) is 0 Å². The highest BCUT2D eigenvalue weighted by atomic mass is 19.4. The molecule has 1 saturated heterocycles. The topological polar surface area (TPSA) is 61.4 Å². The zero-order valence-corrected chi connectivity index (χ0v) is 13.3. The van der Waals surface area contributed by atoms with Gasteiger partial charge in [-0.05, 0) is 44.2 Å². The van der Waals surface area contributed by atoms with Gasteiger partial charge >= 0.3 is 6.18 Å². The molecule has 1 aromatic carbocycles. The van der Waals surface area contributed by atoms with E-state index in [-0.39, 0.29) is 24.1 Å². The second-order valence-corrected chi connectivity index (χ2v) is 5.70. The van der Waals surface area contributed by atoms with Gasteiger partial charge in [0, 0.05) is 24.7 Å². The highest BCUT2D eigenvalue weighted by molar-refractivity contribution is 5.96. The number of likely N-dealkylation sites (N-methyl/N-ethyl adjacent to an activating group) is 1. The maximum atomic E-state index is 12.5. The third-order valence-electron chi connectivity index (χ3n) is 4.01. The smallest absolute Gasteiger partial charge is 0.343 e. The number of alkyl halides is 3. The lowest BCUT2D eigenvalue weighted by molar-refractivity contribution is -0.137. The maximum Gasteiger partial charge on any atom is 0.416 e. The van der Waals surface area contributed by atoms with Gasteiger partial charge in [-0.15, -0.1) is 0 Å². The Morgan fingerprint density at radius 2 is 1.92 bits per heavy atom. The number of amides is 2. The normalized spacial score (nSPS) is 17.8. The van der Waals surface area contributed by atoms with Crippen molar-refractivity contribution < 1.29 is 22.8 Å². The van der Waals surface area contributed by atoms with E-state index in [0.29, 0.717) is 13.1 Å². The second-order valence-electron chi connectivity index (χ2n) is 5.70. The number of nitrogens with zero attached hydrogens (tertiary/aromatic N) is 1. The van der Waals surface area contributed by atoms with E-state index in [4.69, 9.17) is 0 Å². The molecular weight excluding hydrogens is 323 g/mol. The molecule has 2 N–H and O–H groups in total. The number of likely N-dealkylation sites (tertiary alicyclic amines) is 1. The van der Waals surface area contributed by atoms with Gasteiger partial charge in [-0.1, -0.05) is 0 Å². The molecule has 1 fully saturated rings. The summed E-state index contributed by atoms with van der Waals surface area (Å²) in [4.78, 5) is 25.9. The van der Waals surface area contributed by atoms with Crippen LogP contribution in [-0.4, -0.2) is 49.4 Å². The first kappa shape index (κ1) is 18.3. The lowest BCUT2D eigenvalue weighted by atomic mass is 10.1. The van der Waals surface area contributed by atoms with Crippen molar-refractivity contribution >= 4 is 11.8 Å². The molecule has 1 aliphatic rings. The van der Waals surface area contributed by atoms with Gasteiger partial charge in [-0.25, -0.2) is 0 Å². The van der Waals surface area contributed by atoms with Crippen LogP contribution in [0.25, 0.3) is 0 Å². The summed E-state index contributed by atoms with van der Waals surface area (Å²) in [6, 6.07) is 4.01. The van der Waals surface area contributed by atoms with E-state index in [0.717, 1.165) is 37.1 Å². The van der Waals surface area contributed by atoms with Gasteiger partial charge in [0.2, 0.25) is 5.91 Å². The highest BCUT2D eigenvalue weighted by Gasteiger charge is 2.30. The summed E-state index contributed by atoms with van der Waals surface area (Å²) in [7, 11) is 1.81. The molecule has 1 heterocycles. The van der Waals surface area contributed by atoms with Crippen LogP contribution in [0.1, 0.15) is 28.8 Å². The molecule has 0 aromatic heterocycles. The number of hydrogen-bond acceptors (Lipinski definition) is 3. The summed E-state index contributed by atoms with van der Waals surface area (Å²) in [6.45, 7) is 1.18. The van der Waals surface area contributed by atoms with E-state index < -0.39 is 17.6 Å². The van der Waals surface area contributed by atoms with Crippen LogP contribution in [0.2, 0.25) is 0 Å². The number of hydrogen-bond donors (Lipinski definition) is 2. The molecule has 2 amide bonds. The molecule has 1 atom stereocenters. The Balaban J connectivity index is 1.89. The Morgan fingerprint density at radius 1 is 1.25 bits per heavy atom. The monoisotopic (exact) mass is 343 g/mol. The number of carbonyl (C=O) groups excluding carboxylic acids is 2. The Bertz CT molecular complexity index is 587. The molecular formula is C16H20F3N3O2. The molecule has 1 aliphatic heterocycles. The predicted molar refractivity (Wildman–Crippen MR) is 82.4 cm³/mol. The Labute approximate surface area is 138 Å². The Hall–Kier alpha value is -2.09. The lowest BCUT2D eigenvalue weighted by Gasteiger charge is -2.24. The molecule has 0 spiro atoms. The van der Waals surface area contributed by atoms with Crippen LogP contribution in [0.4, 0.5) is 13.2 Å². The molecule has 1 aromatic rings. The largest absolute Gasteiger partial charge is 0.416 e. The van der Waals surface area contributed by atoms with Crippen LogP contribution >= 0.6 is 0 Å². The van der Waals surface area contributed by atoms with E-state index >= 15 is 0 Å². The summed E-state index contributed by atoms with van der Waals surface area (Å²) in [5, 5.41) is 5.49. The molecule has 24 heavy (non-hydrogen) atoms. The number of benzene rings is 1. The van der Waals surface area contributed by atoms with Gasteiger partial charge in [0.05, 0.1) is 12.1 Å². The van der Waals surface area contributed by atoms with Crippen molar-refractivity contribution in [2.24, 2.45) is 0 Å². The fourth-order valence-corrected chi connectivity index (χ4v) is 2.78. The molecule has 0 bridgehead atoms. The summed E-state index contributed by atoms with van der Waals surface area (Å²) >= 11 is 0. The van der Waals surface area contributed by atoms with Crippen molar-refractivity contribution in [2.75, 3.05) is 26.7 Å². The fourth-order valence-electron chi connectivity index (χ4n) is 2.78. The zero-order chi connectivity index (χ0) is 17.7. The standard InChI is InChI=1S/C16H20F3N3O2/c1-20-9-13-3-2-8-22(13)14(23)10-21-15(24)11-4-6-12(7-5-11)16(17,18)19/h4-7,13,20H,2-3,8-10H2,1H3,(H,21,24). The molecule has 0 radical (unpaired) electrons. The number of halogens is 3. The first-order chi connectivity index (χ1) is 11.3. The number of nitrogens with one attached hydrogen (secondary N) is 2. The van der Waals surface area contributed by atoms with Crippen LogP contribution in [0.5, 0.6) is 0 Å². The van der Waals surface area contributed by atoms with E-state index in [9.17, 15) is 22.8 Å². The fraction of sp³-hybridized carbons (Fsp3) is 0.500. The van der Waals surface area contributed by atoms with Gasteiger partial charge in [0.15, 0.2) is 0 Å². The van der Waals surface area contributed by atoms with Gasteiger partial charge in [0.1, 0.15) is 0 Å². The van der Waals surface area contributed by atoms with Gasteiger partial charge < -0.3 is 15.5 Å². The summed E-state index contributed by atoms with van der Waals surface area (Å²) in [6.07, 6.45) is -2.60. The van der Waals surface area contributed by atoms with Crippen molar-refractivity contribution in [3.05, 3.63) is 35.4 Å². The maximum absolute atomic E-state index is 12.5. The van der Waals surface area contributed by atoms with Gasteiger partial charge in [-0.3, -0.25) is 9.59 Å². The summed E-state index contributed by atoms with van der Waals surface area (Å²) in [5.74, 6) is -0.755. The quantitative estimate of drug-likeness (QED) is 0.855. The van der Waals surface area contributed by atoms with Crippen LogP contribution in [-0.2, 0) is 11.0 Å². The van der Waals surface area contributed by atoms with Crippen LogP contribution in [0.15, 0.2) is 24.3 Å². The third-order valence-corrected chi connectivity index (χ3v) is 4.01. The van der Waals surface area contributed by atoms with E-state index in [1.54, 1.807) is 4.90 Å².